The van der Waals surface area contributed by atoms with Crippen LogP contribution in [0.1, 0.15) is 11.1 Å². The van der Waals surface area contributed by atoms with Gasteiger partial charge in [-0.25, -0.2) is 8.78 Å². The number of carbonyl (C=O) groups excluding carboxylic acids is 1. The number of ether oxygens (including phenoxy) is 2. The van der Waals surface area contributed by atoms with Gasteiger partial charge in [-0.15, -0.1) is 0 Å². The van der Waals surface area contributed by atoms with Gasteiger partial charge in [-0.05, 0) is 76.2 Å². The average Bonchev–Trinajstić information content (AvgIpc) is 2.77. The van der Waals surface area contributed by atoms with Gasteiger partial charge < -0.3 is 14.8 Å². The number of benzene rings is 3. The second-order valence-corrected chi connectivity index (χ2v) is 7.72. The molecule has 0 spiro atoms. The van der Waals surface area contributed by atoms with E-state index in [-0.39, 0.29) is 23.7 Å². The molecule has 0 radical (unpaired) electrons. The van der Waals surface area contributed by atoms with E-state index in [4.69, 9.17) is 9.47 Å². The number of methoxy groups -OCH3 is 1. The Bertz CT molecular complexity index is 1220. The predicted molar refractivity (Wildman–Crippen MR) is 125 cm³/mol. The molecule has 3 aromatic rings. The Labute approximate surface area is 197 Å². The summed E-state index contributed by atoms with van der Waals surface area (Å²) in [6.07, 6.45) is 1.37. The predicted octanol–water partition coefficient (Wildman–Crippen LogP) is 5.70. The summed E-state index contributed by atoms with van der Waals surface area (Å²) in [5, 5.41) is 11.8. The van der Waals surface area contributed by atoms with Gasteiger partial charge in [0.25, 0.3) is 5.91 Å². The van der Waals surface area contributed by atoms with Crippen molar-refractivity contribution in [3.63, 3.8) is 0 Å². The first-order chi connectivity index (χ1) is 15.4. The smallest absolute Gasteiger partial charge is 0.266 e. The van der Waals surface area contributed by atoms with Crippen molar-refractivity contribution < 1.29 is 23.0 Å². The van der Waals surface area contributed by atoms with E-state index in [0.717, 1.165) is 0 Å². The quantitative estimate of drug-likeness (QED) is 0.235. The molecule has 0 bridgehead atoms. The molecule has 5 nitrogen and oxygen atoms in total. The topological polar surface area (TPSA) is 71.3 Å². The number of nitrogens with one attached hydrogen (secondary N) is 1. The zero-order chi connectivity index (χ0) is 23.1. The highest BCUT2D eigenvalue weighted by molar-refractivity contribution is 14.1. The summed E-state index contributed by atoms with van der Waals surface area (Å²) in [7, 11) is 1.46. The van der Waals surface area contributed by atoms with Crippen molar-refractivity contribution in [3.8, 4) is 17.6 Å². The summed E-state index contributed by atoms with van der Waals surface area (Å²) >= 11 is 2.04. The van der Waals surface area contributed by atoms with Crippen LogP contribution in [-0.2, 0) is 11.4 Å². The van der Waals surface area contributed by atoms with Crippen molar-refractivity contribution in [1.82, 2.24) is 0 Å². The highest BCUT2D eigenvalue weighted by Crippen LogP contribution is 2.35. The van der Waals surface area contributed by atoms with Crippen molar-refractivity contribution in [3.05, 3.63) is 92.6 Å². The first kappa shape index (κ1) is 23.2. The van der Waals surface area contributed by atoms with Crippen molar-refractivity contribution >= 4 is 40.3 Å². The van der Waals surface area contributed by atoms with Gasteiger partial charge in [-0.3, -0.25) is 4.79 Å². The van der Waals surface area contributed by atoms with Gasteiger partial charge in [0.15, 0.2) is 11.5 Å². The second kappa shape index (κ2) is 10.7. The molecule has 0 saturated carbocycles. The number of nitriles is 1. The zero-order valence-corrected chi connectivity index (χ0v) is 19.0. The Morgan fingerprint density at radius 2 is 1.94 bits per heavy atom. The summed E-state index contributed by atoms with van der Waals surface area (Å²) < 4.78 is 39.1. The van der Waals surface area contributed by atoms with Gasteiger partial charge in [0.1, 0.15) is 29.9 Å². The van der Waals surface area contributed by atoms with Gasteiger partial charge in [0, 0.05) is 0 Å². The average molecular weight is 546 g/mol. The minimum absolute atomic E-state index is 0.0214. The molecule has 0 fully saturated rings. The molecule has 0 aromatic heterocycles. The fourth-order valence-electron chi connectivity index (χ4n) is 2.81. The van der Waals surface area contributed by atoms with Crippen LogP contribution in [0.15, 0.2) is 66.2 Å². The fourth-order valence-corrected chi connectivity index (χ4v) is 3.59. The van der Waals surface area contributed by atoms with E-state index < -0.39 is 11.7 Å². The van der Waals surface area contributed by atoms with Crippen molar-refractivity contribution in [1.29, 1.82) is 5.26 Å². The largest absolute Gasteiger partial charge is 0.493 e. The van der Waals surface area contributed by atoms with Crippen molar-refractivity contribution in [2.24, 2.45) is 0 Å². The van der Waals surface area contributed by atoms with Gasteiger partial charge in [0.2, 0.25) is 0 Å². The number of amides is 1. The number of hydrogen-bond donors (Lipinski definition) is 1. The van der Waals surface area contributed by atoms with E-state index in [2.05, 4.69) is 5.32 Å². The summed E-state index contributed by atoms with van der Waals surface area (Å²) in [6, 6.07) is 16.9. The molecule has 3 rings (SSSR count). The minimum Gasteiger partial charge on any atom is -0.493 e. The molecular formula is C24H17F2IN2O3. The van der Waals surface area contributed by atoms with Crippen molar-refractivity contribution in [2.75, 3.05) is 12.4 Å². The summed E-state index contributed by atoms with van der Waals surface area (Å²) in [6.45, 7) is 0.133. The molecule has 1 N–H and O–H groups in total. The Morgan fingerprint density at radius 1 is 1.16 bits per heavy atom. The highest BCUT2D eigenvalue weighted by Gasteiger charge is 2.15. The van der Waals surface area contributed by atoms with E-state index in [1.165, 1.54) is 43.5 Å². The molecule has 162 valence electrons. The third-order valence-corrected chi connectivity index (χ3v) is 5.12. The molecule has 3 aromatic carbocycles. The van der Waals surface area contributed by atoms with E-state index in [0.29, 0.717) is 26.2 Å². The van der Waals surface area contributed by atoms with Crippen LogP contribution >= 0.6 is 22.6 Å². The molecule has 8 heteroatoms. The molecule has 32 heavy (non-hydrogen) atoms. The molecule has 0 unspecified atom stereocenters. The highest BCUT2D eigenvalue weighted by atomic mass is 127. The maximum atomic E-state index is 13.8. The molecule has 0 heterocycles. The van der Waals surface area contributed by atoms with Crippen LogP contribution < -0.4 is 14.8 Å². The van der Waals surface area contributed by atoms with Crippen LogP contribution in [-0.4, -0.2) is 13.0 Å². The summed E-state index contributed by atoms with van der Waals surface area (Å²) in [5.74, 6) is -0.867. The Hall–Kier alpha value is -3.45. The van der Waals surface area contributed by atoms with Crippen LogP contribution in [0.4, 0.5) is 14.5 Å². The van der Waals surface area contributed by atoms with Crippen LogP contribution in [0.2, 0.25) is 0 Å². The number of rotatable bonds is 7. The molecule has 0 aliphatic carbocycles. The van der Waals surface area contributed by atoms with E-state index in [1.54, 1.807) is 30.3 Å². The Balaban J connectivity index is 1.83. The number of para-hydroxylation sites is 1. The lowest BCUT2D eigenvalue weighted by atomic mass is 10.1. The lowest BCUT2D eigenvalue weighted by Crippen LogP contribution is -2.14. The first-order valence-corrected chi connectivity index (χ1v) is 10.4. The third kappa shape index (κ3) is 5.82. The first-order valence-electron chi connectivity index (χ1n) is 9.33. The number of halogens is 3. The normalized spacial score (nSPS) is 10.9. The van der Waals surface area contributed by atoms with Gasteiger partial charge in [0.05, 0.1) is 16.4 Å². The maximum Gasteiger partial charge on any atom is 0.266 e. The maximum absolute atomic E-state index is 13.8. The van der Waals surface area contributed by atoms with E-state index in [9.17, 15) is 18.8 Å². The van der Waals surface area contributed by atoms with Crippen molar-refractivity contribution in [2.45, 2.75) is 6.61 Å². The fraction of sp³-hybridized carbons (Fsp3) is 0.0833. The number of carbonyl (C=O) groups is 1. The summed E-state index contributed by atoms with van der Waals surface area (Å²) in [4.78, 5) is 12.4. The number of hydrogen-bond acceptors (Lipinski definition) is 4. The number of anilines is 1. The van der Waals surface area contributed by atoms with Crippen LogP contribution in [0, 0.1) is 26.5 Å². The second-order valence-electron chi connectivity index (χ2n) is 6.56. The molecule has 0 aliphatic rings. The SMILES string of the molecule is COc1cc(/C=C(/C#N)C(=O)Nc2ccccc2F)cc(I)c1OCc1cccc(F)c1. The zero-order valence-electron chi connectivity index (χ0n) is 16.9. The van der Waals surface area contributed by atoms with Crippen LogP contribution in [0.25, 0.3) is 6.08 Å². The van der Waals surface area contributed by atoms with Gasteiger partial charge >= 0.3 is 0 Å². The monoisotopic (exact) mass is 546 g/mol. The van der Waals surface area contributed by atoms with Crippen LogP contribution in [0.3, 0.4) is 0 Å². The van der Waals surface area contributed by atoms with E-state index >= 15 is 0 Å². The molecular weight excluding hydrogens is 529 g/mol. The lowest BCUT2D eigenvalue weighted by molar-refractivity contribution is -0.112. The van der Waals surface area contributed by atoms with E-state index in [1.807, 2.05) is 28.7 Å². The Morgan fingerprint density at radius 3 is 2.62 bits per heavy atom. The third-order valence-electron chi connectivity index (χ3n) is 4.32. The molecule has 1 amide bonds. The number of nitrogens with zero attached hydrogens (tertiary/aromatic N) is 1. The van der Waals surface area contributed by atoms with Gasteiger partial charge in [-0.2, -0.15) is 5.26 Å². The molecule has 0 aliphatic heterocycles. The minimum atomic E-state index is -0.738. The Kier molecular flexibility index (Phi) is 7.78. The summed E-state index contributed by atoms with van der Waals surface area (Å²) in [5.41, 5.74) is 0.944. The molecule has 0 saturated heterocycles. The van der Waals surface area contributed by atoms with Gasteiger partial charge in [-0.1, -0.05) is 24.3 Å². The molecule has 0 atom stereocenters. The van der Waals surface area contributed by atoms with Crippen LogP contribution in [0.5, 0.6) is 11.5 Å². The standard InChI is InChI=1S/C24H17F2IN2O3/c1-31-22-12-16(9-17(13-28)24(30)29-21-8-3-2-7-19(21)26)11-20(27)23(22)32-14-15-5-4-6-18(25)10-15/h2-12H,14H2,1H3,(H,29,30)/b17-9-. The lowest BCUT2D eigenvalue weighted by Gasteiger charge is -2.14.